The normalized spacial score (nSPS) is 12.2. The number of halogens is 1. The molecule has 0 unspecified atom stereocenters. The molecule has 0 heterocycles. The van der Waals surface area contributed by atoms with Crippen molar-refractivity contribution in [3.05, 3.63) is 35.1 Å². The van der Waals surface area contributed by atoms with Crippen molar-refractivity contribution in [2.75, 3.05) is 6.54 Å². The highest BCUT2D eigenvalue weighted by atomic mass is 19.1. The second-order valence-electron chi connectivity index (χ2n) is 2.69. The van der Waals surface area contributed by atoms with Crippen LogP contribution in [0.1, 0.15) is 17.2 Å². The second-order valence-corrected chi connectivity index (χ2v) is 2.69. The van der Waals surface area contributed by atoms with Gasteiger partial charge in [0.2, 0.25) is 0 Å². The Hall–Kier alpha value is -1.44. The molecule has 0 aromatic heterocycles. The van der Waals surface area contributed by atoms with Crippen LogP contribution >= 0.6 is 0 Å². The first-order chi connectivity index (χ1) is 6.19. The molecule has 0 spiro atoms. The zero-order valence-electron chi connectivity index (χ0n) is 7.00. The van der Waals surface area contributed by atoms with Crippen LogP contribution in [-0.4, -0.2) is 6.54 Å². The minimum atomic E-state index is -0.548. The lowest BCUT2D eigenvalue weighted by Gasteiger charge is -2.09. The fraction of sp³-hybridized carbons (Fsp3) is 0.222. The van der Waals surface area contributed by atoms with Crippen molar-refractivity contribution < 1.29 is 4.39 Å². The predicted molar refractivity (Wildman–Crippen MR) is 47.1 cm³/mol. The molecule has 13 heavy (non-hydrogen) atoms. The van der Waals surface area contributed by atoms with Crippen LogP contribution in [0.5, 0.6) is 0 Å². The number of hydrogen-bond donors (Lipinski definition) is 2. The first kappa shape index (κ1) is 9.65. The quantitative estimate of drug-likeness (QED) is 0.700. The van der Waals surface area contributed by atoms with Crippen LogP contribution < -0.4 is 11.5 Å². The minimum absolute atomic E-state index is 0.159. The van der Waals surface area contributed by atoms with E-state index in [9.17, 15) is 4.39 Å². The Morgan fingerprint density at radius 3 is 2.77 bits per heavy atom. The zero-order chi connectivity index (χ0) is 9.84. The van der Waals surface area contributed by atoms with E-state index < -0.39 is 11.9 Å². The van der Waals surface area contributed by atoms with Crippen LogP contribution in [0.2, 0.25) is 0 Å². The molecule has 0 aliphatic heterocycles. The van der Waals surface area contributed by atoms with Gasteiger partial charge in [0.15, 0.2) is 0 Å². The smallest absolute Gasteiger partial charge is 0.128 e. The van der Waals surface area contributed by atoms with Gasteiger partial charge in [-0.05, 0) is 18.2 Å². The molecule has 0 bridgehead atoms. The Morgan fingerprint density at radius 1 is 1.54 bits per heavy atom. The van der Waals surface area contributed by atoms with Gasteiger partial charge >= 0.3 is 0 Å². The van der Waals surface area contributed by atoms with Gasteiger partial charge in [-0.3, -0.25) is 0 Å². The summed E-state index contributed by atoms with van der Waals surface area (Å²) in [6.07, 6.45) is 0. The third-order valence-electron chi connectivity index (χ3n) is 1.78. The summed E-state index contributed by atoms with van der Waals surface area (Å²) in [5.74, 6) is -0.419. The van der Waals surface area contributed by atoms with E-state index in [1.54, 1.807) is 0 Å². The molecule has 0 aliphatic carbocycles. The monoisotopic (exact) mass is 179 g/mol. The van der Waals surface area contributed by atoms with Crippen molar-refractivity contribution in [3.63, 3.8) is 0 Å². The molecule has 0 saturated carbocycles. The summed E-state index contributed by atoms with van der Waals surface area (Å²) in [6.45, 7) is 0.159. The van der Waals surface area contributed by atoms with Gasteiger partial charge in [0, 0.05) is 18.2 Å². The van der Waals surface area contributed by atoms with Crippen molar-refractivity contribution in [1.82, 2.24) is 0 Å². The Labute approximate surface area is 75.8 Å². The molecule has 68 valence electrons. The summed E-state index contributed by atoms with van der Waals surface area (Å²) >= 11 is 0. The SMILES string of the molecule is N#Cc1ccc(F)c([C@H](N)CN)c1. The fourth-order valence-corrected chi connectivity index (χ4v) is 1.02. The van der Waals surface area contributed by atoms with E-state index >= 15 is 0 Å². The first-order valence-corrected chi connectivity index (χ1v) is 3.84. The van der Waals surface area contributed by atoms with Gasteiger partial charge in [-0.2, -0.15) is 5.26 Å². The Bertz CT molecular complexity index is 343. The Balaban J connectivity index is 3.12. The molecule has 1 aromatic carbocycles. The Morgan fingerprint density at radius 2 is 2.23 bits per heavy atom. The van der Waals surface area contributed by atoms with Crippen molar-refractivity contribution in [3.8, 4) is 6.07 Å². The van der Waals surface area contributed by atoms with Crippen LogP contribution in [0.4, 0.5) is 4.39 Å². The molecule has 0 saturated heterocycles. The van der Waals surface area contributed by atoms with Gasteiger partial charge in [-0.25, -0.2) is 4.39 Å². The highest BCUT2D eigenvalue weighted by Gasteiger charge is 2.10. The molecule has 4 heteroatoms. The minimum Gasteiger partial charge on any atom is -0.329 e. The van der Waals surface area contributed by atoms with Crippen molar-refractivity contribution >= 4 is 0 Å². The summed E-state index contributed by atoms with van der Waals surface area (Å²) in [5, 5.41) is 8.56. The number of nitrogens with zero attached hydrogens (tertiary/aromatic N) is 1. The second kappa shape index (κ2) is 3.99. The van der Waals surface area contributed by atoms with E-state index in [-0.39, 0.29) is 6.54 Å². The van der Waals surface area contributed by atoms with Crippen LogP contribution in [0, 0.1) is 17.1 Å². The van der Waals surface area contributed by atoms with E-state index in [1.807, 2.05) is 6.07 Å². The van der Waals surface area contributed by atoms with Gasteiger partial charge in [-0.1, -0.05) is 0 Å². The molecule has 3 nitrogen and oxygen atoms in total. The molecule has 0 radical (unpaired) electrons. The van der Waals surface area contributed by atoms with Gasteiger partial charge in [0.1, 0.15) is 5.82 Å². The molecule has 0 fully saturated rings. The lowest BCUT2D eigenvalue weighted by atomic mass is 10.0. The number of benzene rings is 1. The van der Waals surface area contributed by atoms with Gasteiger partial charge in [-0.15, -0.1) is 0 Å². The van der Waals surface area contributed by atoms with Crippen LogP contribution in [0.15, 0.2) is 18.2 Å². The summed E-state index contributed by atoms with van der Waals surface area (Å²) in [5.41, 5.74) is 11.5. The number of nitrogens with two attached hydrogens (primary N) is 2. The molecule has 1 aromatic rings. The molecule has 4 N–H and O–H groups in total. The van der Waals surface area contributed by atoms with E-state index in [2.05, 4.69) is 0 Å². The molecular formula is C9H10FN3. The van der Waals surface area contributed by atoms with Gasteiger partial charge in [0.05, 0.1) is 11.6 Å². The van der Waals surface area contributed by atoms with Crippen molar-refractivity contribution in [2.45, 2.75) is 6.04 Å². The third kappa shape index (κ3) is 2.02. The van der Waals surface area contributed by atoms with Crippen molar-refractivity contribution in [1.29, 1.82) is 5.26 Å². The summed E-state index contributed by atoms with van der Waals surface area (Å²) in [7, 11) is 0. The lowest BCUT2D eigenvalue weighted by molar-refractivity contribution is 0.584. The summed E-state index contributed by atoms with van der Waals surface area (Å²) in [6, 6.07) is 5.42. The molecule has 1 rings (SSSR count). The van der Waals surface area contributed by atoms with E-state index in [4.69, 9.17) is 16.7 Å². The molecular weight excluding hydrogens is 169 g/mol. The predicted octanol–water partition coefficient (Wildman–Crippen LogP) is 0.656. The highest BCUT2D eigenvalue weighted by molar-refractivity contribution is 5.35. The topological polar surface area (TPSA) is 75.8 Å². The molecule has 0 amide bonds. The van der Waals surface area contributed by atoms with E-state index in [0.717, 1.165) is 0 Å². The molecule has 1 atom stereocenters. The number of rotatable bonds is 2. The van der Waals surface area contributed by atoms with E-state index in [0.29, 0.717) is 11.1 Å². The average Bonchev–Trinajstić information content (AvgIpc) is 2.17. The summed E-state index contributed by atoms with van der Waals surface area (Å²) < 4.78 is 13.1. The fourth-order valence-electron chi connectivity index (χ4n) is 1.02. The van der Waals surface area contributed by atoms with Crippen LogP contribution in [0.3, 0.4) is 0 Å². The average molecular weight is 179 g/mol. The Kier molecular flexibility index (Phi) is 2.96. The summed E-state index contributed by atoms with van der Waals surface area (Å²) in [4.78, 5) is 0. The lowest BCUT2D eigenvalue weighted by Crippen LogP contribution is -2.21. The van der Waals surface area contributed by atoms with Crippen molar-refractivity contribution in [2.24, 2.45) is 11.5 Å². The van der Waals surface area contributed by atoms with Gasteiger partial charge in [0.25, 0.3) is 0 Å². The number of hydrogen-bond acceptors (Lipinski definition) is 3. The number of nitriles is 1. The van der Waals surface area contributed by atoms with Crippen LogP contribution in [-0.2, 0) is 0 Å². The van der Waals surface area contributed by atoms with Crippen LogP contribution in [0.25, 0.3) is 0 Å². The maximum Gasteiger partial charge on any atom is 0.128 e. The van der Waals surface area contributed by atoms with Gasteiger partial charge < -0.3 is 11.5 Å². The third-order valence-corrected chi connectivity index (χ3v) is 1.78. The standard InChI is InChI=1S/C9H10FN3/c10-8-2-1-6(4-11)3-7(8)9(13)5-12/h1-3,9H,5,12-13H2/t9-/m1/s1. The van der Waals surface area contributed by atoms with E-state index in [1.165, 1.54) is 18.2 Å². The maximum absolute atomic E-state index is 13.1. The largest absolute Gasteiger partial charge is 0.329 e. The highest BCUT2D eigenvalue weighted by Crippen LogP contribution is 2.15. The maximum atomic E-state index is 13.1. The zero-order valence-corrected chi connectivity index (χ0v) is 7.00. The molecule has 0 aliphatic rings. The first-order valence-electron chi connectivity index (χ1n) is 3.84.